The molecule has 0 bridgehead atoms. The van der Waals surface area contributed by atoms with Crippen molar-refractivity contribution in [1.29, 1.82) is 5.26 Å². The number of rotatable bonds is 1. The zero-order valence-electron chi connectivity index (χ0n) is 10.5. The zero-order valence-corrected chi connectivity index (χ0v) is 12.0. The molecule has 4 nitrogen and oxygen atoms in total. The molecule has 1 heterocycles. The van der Waals surface area contributed by atoms with Crippen LogP contribution in [-0.2, 0) is 0 Å². The fourth-order valence-corrected chi connectivity index (χ4v) is 2.57. The molecule has 19 heavy (non-hydrogen) atoms. The minimum Gasteiger partial charge on any atom is -0.336 e. The van der Waals surface area contributed by atoms with Gasteiger partial charge in [0.15, 0.2) is 0 Å². The molecule has 0 radical (unpaired) electrons. The van der Waals surface area contributed by atoms with Crippen LogP contribution in [0.2, 0.25) is 10.0 Å². The summed E-state index contributed by atoms with van der Waals surface area (Å²) in [6.45, 7) is 3.07. The number of halogens is 2. The van der Waals surface area contributed by atoms with Crippen molar-refractivity contribution in [3.63, 3.8) is 0 Å². The van der Waals surface area contributed by atoms with Crippen molar-refractivity contribution in [2.24, 2.45) is 0 Å². The topological polar surface area (TPSA) is 47.3 Å². The number of hydrogen-bond acceptors (Lipinski definition) is 3. The van der Waals surface area contributed by atoms with Crippen LogP contribution in [0.15, 0.2) is 12.1 Å². The Morgan fingerprint density at radius 1 is 1.21 bits per heavy atom. The van der Waals surface area contributed by atoms with Gasteiger partial charge in [0.1, 0.15) is 6.07 Å². The Labute approximate surface area is 122 Å². The van der Waals surface area contributed by atoms with Gasteiger partial charge < -0.3 is 9.80 Å². The van der Waals surface area contributed by atoms with Crippen molar-refractivity contribution in [2.75, 3.05) is 33.2 Å². The zero-order chi connectivity index (χ0) is 14.0. The van der Waals surface area contributed by atoms with Gasteiger partial charge in [0.25, 0.3) is 5.91 Å². The first-order valence-corrected chi connectivity index (χ1v) is 6.65. The molecular formula is C13H13Cl2N3O. The number of benzene rings is 1. The highest BCUT2D eigenvalue weighted by atomic mass is 35.5. The van der Waals surface area contributed by atoms with Crippen molar-refractivity contribution in [3.8, 4) is 6.07 Å². The summed E-state index contributed by atoms with van der Waals surface area (Å²) in [4.78, 5) is 16.3. The molecule has 2 rings (SSSR count). The van der Waals surface area contributed by atoms with E-state index in [1.165, 1.54) is 12.1 Å². The minimum absolute atomic E-state index is 0.0959. The number of hydrogen-bond donors (Lipinski definition) is 0. The summed E-state index contributed by atoms with van der Waals surface area (Å²) in [5.41, 5.74) is 0.636. The molecule has 6 heteroatoms. The lowest BCUT2D eigenvalue weighted by Crippen LogP contribution is -2.47. The number of nitriles is 1. The van der Waals surface area contributed by atoms with E-state index in [1.54, 1.807) is 4.90 Å². The molecule has 0 spiro atoms. The van der Waals surface area contributed by atoms with E-state index >= 15 is 0 Å². The van der Waals surface area contributed by atoms with E-state index in [0.717, 1.165) is 13.1 Å². The minimum atomic E-state index is -0.0959. The van der Waals surface area contributed by atoms with Crippen LogP contribution in [0, 0.1) is 11.3 Å². The molecule has 1 aromatic rings. The Balaban J connectivity index is 2.23. The van der Waals surface area contributed by atoms with E-state index in [4.69, 9.17) is 28.5 Å². The van der Waals surface area contributed by atoms with Crippen LogP contribution in [0.1, 0.15) is 15.9 Å². The van der Waals surface area contributed by atoms with Gasteiger partial charge in [-0.1, -0.05) is 23.2 Å². The molecule has 0 N–H and O–H groups in total. The second-order valence-corrected chi connectivity index (χ2v) is 5.34. The first kappa shape index (κ1) is 14.1. The number of nitrogens with zero attached hydrogens (tertiary/aromatic N) is 3. The van der Waals surface area contributed by atoms with Gasteiger partial charge in [-0.05, 0) is 19.2 Å². The summed E-state index contributed by atoms with van der Waals surface area (Å²) in [5, 5.41) is 9.32. The normalized spacial score (nSPS) is 16.2. The first-order chi connectivity index (χ1) is 9.02. The van der Waals surface area contributed by atoms with Crippen LogP contribution in [-0.4, -0.2) is 48.9 Å². The van der Waals surface area contributed by atoms with Crippen molar-refractivity contribution in [2.45, 2.75) is 0 Å². The molecular weight excluding hydrogens is 285 g/mol. The Morgan fingerprint density at radius 3 is 2.21 bits per heavy atom. The Kier molecular flexibility index (Phi) is 4.31. The lowest BCUT2D eigenvalue weighted by atomic mass is 10.1. The van der Waals surface area contributed by atoms with Gasteiger partial charge >= 0.3 is 0 Å². The van der Waals surface area contributed by atoms with E-state index in [-0.39, 0.29) is 21.5 Å². The molecule has 0 atom stereocenters. The lowest BCUT2D eigenvalue weighted by molar-refractivity contribution is 0.0664. The maximum Gasteiger partial charge on any atom is 0.254 e. The van der Waals surface area contributed by atoms with Gasteiger partial charge in [-0.15, -0.1) is 0 Å². The number of carbonyl (C=O) groups is 1. The standard InChI is InChI=1S/C13H13Cl2N3O/c1-17-2-4-18(5-3-17)13(19)9-6-11(14)10(8-16)12(15)7-9/h6-7H,2-5H2,1H3. The predicted molar refractivity (Wildman–Crippen MR) is 74.6 cm³/mol. The van der Waals surface area contributed by atoms with Crippen molar-refractivity contribution >= 4 is 29.1 Å². The highest BCUT2D eigenvalue weighted by Crippen LogP contribution is 2.26. The third kappa shape index (κ3) is 3.01. The van der Waals surface area contributed by atoms with Gasteiger partial charge in [-0.25, -0.2) is 0 Å². The fourth-order valence-electron chi connectivity index (χ4n) is 2.00. The quantitative estimate of drug-likeness (QED) is 0.799. The molecule has 1 saturated heterocycles. The molecule has 1 aromatic carbocycles. The highest BCUT2D eigenvalue weighted by Gasteiger charge is 2.21. The highest BCUT2D eigenvalue weighted by molar-refractivity contribution is 6.37. The van der Waals surface area contributed by atoms with E-state index in [0.29, 0.717) is 18.7 Å². The average molecular weight is 298 g/mol. The van der Waals surface area contributed by atoms with E-state index in [1.807, 2.05) is 13.1 Å². The van der Waals surface area contributed by atoms with Crippen LogP contribution >= 0.6 is 23.2 Å². The largest absolute Gasteiger partial charge is 0.336 e. The number of piperazine rings is 1. The Bertz CT molecular complexity index is 522. The van der Waals surface area contributed by atoms with Gasteiger partial charge in [0.05, 0.1) is 15.6 Å². The summed E-state index contributed by atoms with van der Waals surface area (Å²) < 4.78 is 0. The van der Waals surface area contributed by atoms with Crippen molar-refractivity contribution in [1.82, 2.24) is 9.80 Å². The molecule has 1 aliphatic rings. The molecule has 100 valence electrons. The predicted octanol–water partition coefficient (Wildman–Crippen LogP) is 2.25. The lowest BCUT2D eigenvalue weighted by Gasteiger charge is -2.32. The Hall–Kier alpha value is -1.28. The monoisotopic (exact) mass is 297 g/mol. The smallest absolute Gasteiger partial charge is 0.254 e. The van der Waals surface area contributed by atoms with Gasteiger partial charge in [0, 0.05) is 31.7 Å². The third-order valence-electron chi connectivity index (χ3n) is 3.19. The molecule has 0 unspecified atom stereocenters. The maximum absolute atomic E-state index is 12.3. The summed E-state index contributed by atoms with van der Waals surface area (Å²) in [6, 6.07) is 4.93. The average Bonchev–Trinajstić information content (AvgIpc) is 2.38. The van der Waals surface area contributed by atoms with Crippen molar-refractivity contribution < 1.29 is 4.79 Å². The van der Waals surface area contributed by atoms with Crippen molar-refractivity contribution in [3.05, 3.63) is 33.3 Å². The van der Waals surface area contributed by atoms with E-state index < -0.39 is 0 Å². The van der Waals surface area contributed by atoms with Crippen LogP contribution < -0.4 is 0 Å². The van der Waals surface area contributed by atoms with Gasteiger partial charge in [-0.3, -0.25) is 4.79 Å². The van der Waals surface area contributed by atoms with Gasteiger partial charge in [0.2, 0.25) is 0 Å². The van der Waals surface area contributed by atoms with Crippen LogP contribution in [0.5, 0.6) is 0 Å². The number of carbonyl (C=O) groups excluding carboxylic acids is 1. The molecule has 1 amide bonds. The number of likely N-dealkylation sites (N-methyl/N-ethyl adjacent to an activating group) is 1. The van der Waals surface area contributed by atoms with E-state index in [9.17, 15) is 4.79 Å². The fraction of sp³-hybridized carbons (Fsp3) is 0.385. The number of amides is 1. The molecule has 0 saturated carbocycles. The van der Waals surface area contributed by atoms with Gasteiger partial charge in [-0.2, -0.15) is 5.26 Å². The maximum atomic E-state index is 12.3. The second-order valence-electron chi connectivity index (χ2n) is 4.52. The molecule has 0 aromatic heterocycles. The molecule has 0 aliphatic carbocycles. The molecule has 1 fully saturated rings. The first-order valence-electron chi connectivity index (χ1n) is 5.90. The van der Waals surface area contributed by atoms with E-state index in [2.05, 4.69) is 4.90 Å². The summed E-state index contributed by atoms with van der Waals surface area (Å²) in [6.07, 6.45) is 0. The van der Waals surface area contributed by atoms with Crippen LogP contribution in [0.25, 0.3) is 0 Å². The van der Waals surface area contributed by atoms with Crippen LogP contribution in [0.4, 0.5) is 0 Å². The second kappa shape index (κ2) is 5.79. The summed E-state index contributed by atoms with van der Waals surface area (Å²) in [5.74, 6) is -0.0959. The Morgan fingerprint density at radius 2 is 1.74 bits per heavy atom. The molecule has 1 aliphatic heterocycles. The van der Waals surface area contributed by atoms with Crippen LogP contribution in [0.3, 0.4) is 0 Å². The SMILES string of the molecule is CN1CCN(C(=O)c2cc(Cl)c(C#N)c(Cl)c2)CC1. The summed E-state index contributed by atoms with van der Waals surface area (Å²) in [7, 11) is 2.03. The third-order valence-corrected chi connectivity index (χ3v) is 3.79. The summed E-state index contributed by atoms with van der Waals surface area (Å²) >= 11 is 11.9.